The number of likely N-dealkylation sites (tertiary alicyclic amines) is 1. The van der Waals surface area contributed by atoms with Crippen molar-refractivity contribution in [2.45, 2.75) is 25.4 Å². The first-order valence-electron chi connectivity index (χ1n) is 9.50. The Morgan fingerprint density at radius 1 is 1.21 bits per heavy atom. The Balaban J connectivity index is 1.46. The van der Waals surface area contributed by atoms with Crippen molar-refractivity contribution < 1.29 is 9.15 Å². The van der Waals surface area contributed by atoms with Crippen LogP contribution in [-0.2, 0) is 6.54 Å². The highest BCUT2D eigenvalue weighted by Crippen LogP contribution is 2.29. The van der Waals surface area contributed by atoms with Gasteiger partial charge >= 0.3 is 5.76 Å². The highest BCUT2D eigenvalue weighted by atomic mass is 35.5. The minimum atomic E-state index is -0.307. The van der Waals surface area contributed by atoms with Gasteiger partial charge in [-0.05, 0) is 37.1 Å². The summed E-state index contributed by atoms with van der Waals surface area (Å²) in [5.41, 5.74) is 2.53. The molecule has 2 heterocycles. The molecule has 1 aliphatic rings. The van der Waals surface area contributed by atoms with Gasteiger partial charge in [0.1, 0.15) is 12.4 Å². The van der Waals surface area contributed by atoms with E-state index in [2.05, 4.69) is 17.5 Å². The topological polar surface area (TPSA) is 47.6 Å². The smallest absolute Gasteiger partial charge is 0.420 e. The van der Waals surface area contributed by atoms with Crippen molar-refractivity contribution in [3.05, 3.63) is 76.3 Å². The molecule has 1 aromatic heterocycles. The molecule has 1 saturated heterocycles. The monoisotopic (exact) mass is 398 g/mol. The molecule has 0 amide bonds. The van der Waals surface area contributed by atoms with Gasteiger partial charge in [0.15, 0.2) is 5.58 Å². The number of para-hydroxylation sites is 1. The lowest BCUT2D eigenvalue weighted by Gasteiger charge is -2.32. The Hall–Kier alpha value is -2.50. The van der Waals surface area contributed by atoms with Crippen molar-refractivity contribution in [3.63, 3.8) is 0 Å². The van der Waals surface area contributed by atoms with Crippen LogP contribution in [0.3, 0.4) is 0 Å². The van der Waals surface area contributed by atoms with Gasteiger partial charge in [-0.25, -0.2) is 4.79 Å². The van der Waals surface area contributed by atoms with Crippen LogP contribution in [0.4, 0.5) is 0 Å². The van der Waals surface area contributed by atoms with E-state index in [1.165, 1.54) is 5.56 Å². The summed E-state index contributed by atoms with van der Waals surface area (Å²) in [6, 6.07) is 13.5. The molecule has 6 heteroatoms. The van der Waals surface area contributed by atoms with Gasteiger partial charge < -0.3 is 9.15 Å². The van der Waals surface area contributed by atoms with E-state index in [9.17, 15) is 4.79 Å². The fourth-order valence-corrected chi connectivity index (χ4v) is 4.02. The maximum Gasteiger partial charge on any atom is 0.420 e. The molecule has 1 aliphatic heterocycles. The van der Waals surface area contributed by atoms with Crippen LogP contribution in [0.15, 0.2) is 64.3 Å². The van der Waals surface area contributed by atoms with Crippen LogP contribution in [0, 0.1) is 0 Å². The number of hydrogen-bond acceptors (Lipinski definition) is 4. The molecule has 4 rings (SSSR count). The molecule has 2 aromatic carbocycles. The molecule has 0 N–H and O–H groups in total. The average Bonchev–Trinajstić information content (AvgIpc) is 3.03. The van der Waals surface area contributed by atoms with Crippen molar-refractivity contribution >= 4 is 22.7 Å². The first kappa shape index (κ1) is 18.8. The Morgan fingerprint density at radius 3 is 2.79 bits per heavy atom. The van der Waals surface area contributed by atoms with Crippen molar-refractivity contribution in [3.8, 4) is 5.75 Å². The van der Waals surface area contributed by atoms with Gasteiger partial charge in [-0.1, -0.05) is 42.5 Å². The number of piperidine rings is 1. The highest BCUT2D eigenvalue weighted by molar-refractivity contribution is 6.31. The molecule has 1 fully saturated rings. The van der Waals surface area contributed by atoms with E-state index in [1.807, 2.05) is 18.2 Å². The quantitative estimate of drug-likeness (QED) is 0.567. The largest absolute Gasteiger partial charge is 0.489 e. The Morgan fingerprint density at radius 2 is 2.00 bits per heavy atom. The first-order valence-corrected chi connectivity index (χ1v) is 9.88. The predicted molar refractivity (Wildman–Crippen MR) is 111 cm³/mol. The molecular weight excluding hydrogens is 376 g/mol. The van der Waals surface area contributed by atoms with Crippen LogP contribution >= 0.6 is 11.6 Å². The average molecular weight is 399 g/mol. The maximum absolute atomic E-state index is 12.4. The van der Waals surface area contributed by atoms with Gasteiger partial charge in [-0.15, -0.1) is 0 Å². The van der Waals surface area contributed by atoms with Gasteiger partial charge in [0, 0.05) is 36.3 Å². The Labute approximate surface area is 168 Å². The van der Waals surface area contributed by atoms with E-state index in [1.54, 1.807) is 28.8 Å². The number of halogens is 1. The van der Waals surface area contributed by atoms with E-state index in [0.29, 0.717) is 17.2 Å². The van der Waals surface area contributed by atoms with Crippen LogP contribution in [0.2, 0.25) is 5.02 Å². The second-order valence-electron chi connectivity index (χ2n) is 7.06. The molecule has 146 valence electrons. The summed E-state index contributed by atoms with van der Waals surface area (Å²) in [5, 5.41) is 0.607. The van der Waals surface area contributed by atoms with Crippen LogP contribution in [0.5, 0.6) is 5.75 Å². The Bertz CT molecular complexity index is 1030. The summed E-state index contributed by atoms with van der Waals surface area (Å²) in [4.78, 5) is 14.8. The molecule has 0 saturated carbocycles. The second kappa shape index (κ2) is 8.25. The first-order chi connectivity index (χ1) is 13.7. The van der Waals surface area contributed by atoms with Crippen LogP contribution in [0.25, 0.3) is 11.1 Å². The van der Waals surface area contributed by atoms with Gasteiger partial charge in [0.2, 0.25) is 0 Å². The van der Waals surface area contributed by atoms with Crippen molar-refractivity contribution in [2.75, 3.05) is 19.7 Å². The van der Waals surface area contributed by atoms with Crippen LogP contribution in [-0.4, -0.2) is 29.2 Å². The number of benzene rings is 2. The maximum atomic E-state index is 12.4. The van der Waals surface area contributed by atoms with E-state index >= 15 is 0 Å². The predicted octanol–water partition coefficient (Wildman–Crippen LogP) is 4.65. The summed E-state index contributed by atoms with van der Waals surface area (Å²) >= 11 is 6.12. The van der Waals surface area contributed by atoms with Gasteiger partial charge in [0.25, 0.3) is 0 Å². The van der Waals surface area contributed by atoms with Crippen LogP contribution < -0.4 is 10.5 Å². The molecule has 0 spiro atoms. The Kier molecular flexibility index (Phi) is 5.55. The molecule has 0 bridgehead atoms. The highest BCUT2D eigenvalue weighted by Gasteiger charge is 2.25. The lowest BCUT2D eigenvalue weighted by atomic mass is 10.0. The molecular formula is C22H23ClN2O3. The molecule has 0 radical (unpaired) electrons. The minimum Gasteiger partial charge on any atom is -0.489 e. The molecule has 3 aromatic rings. The number of ether oxygens (including phenoxy) is 1. The molecule has 28 heavy (non-hydrogen) atoms. The van der Waals surface area contributed by atoms with E-state index in [-0.39, 0.29) is 11.8 Å². The summed E-state index contributed by atoms with van der Waals surface area (Å²) in [6.07, 6.45) is 3.52. The van der Waals surface area contributed by atoms with Gasteiger partial charge in [0.05, 0.1) is 5.52 Å². The summed E-state index contributed by atoms with van der Waals surface area (Å²) < 4.78 is 12.9. The number of nitrogens with zero attached hydrogens (tertiary/aromatic N) is 2. The van der Waals surface area contributed by atoms with E-state index < -0.39 is 0 Å². The lowest BCUT2D eigenvalue weighted by Crippen LogP contribution is -2.36. The summed E-state index contributed by atoms with van der Waals surface area (Å²) in [5.74, 6) is 0.593. The number of hydrogen-bond donors (Lipinski definition) is 0. The van der Waals surface area contributed by atoms with Crippen LogP contribution in [0.1, 0.15) is 24.4 Å². The normalized spacial score (nSPS) is 15.8. The zero-order valence-corrected chi connectivity index (χ0v) is 16.4. The lowest BCUT2D eigenvalue weighted by molar-refractivity contribution is 0.175. The number of oxazole rings is 1. The third-order valence-corrected chi connectivity index (χ3v) is 5.46. The third kappa shape index (κ3) is 3.86. The van der Waals surface area contributed by atoms with Crippen molar-refractivity contribution in [2.24, 2.45) is 0 Å². The number of fused-ring (bicyclic) bond motifs is 1. The van der Waals surface area contributed by atoms with E-state index in [0.717, 1.165) is 43.7 Å². The fourth-order valence-electron chi connectivity index (χ4n) is 3.85. The number of rotatable bonds is 6. The standard InChI is InChI=1S/C22H23ClN2O3/c1-2-13-27-20-6-4-3-5-16(20)15-24-11-9-18(10-12-24)25-19-14-17(23)7-8-21(19)28-22(25)26/h2-8,14,18H,1,9-13,15H2. The minimum absolute atomic E-state index is 0.121. The second-order valence-corrected chi connectivity index (χ2v) is 7.50. The molecule has 0 atom stereocenters. The SMILES string of the molecule is C=CCOc1ccccc1CN1CCC(n2c(=O)oc3ccc(Cl)cc32)CC1. The zero-order valence-electron chi connectivity index (χ0n) is 15.6. The fraction of sp³-hybridized carbons (Fsp3) is 0.318. The van der Waals surface area contributed by atoms with Crippen molar-refractivity contribution in [1.29, 1.82) is 0 Å². The van der Waals surface area contributed by atoms with Crippen molar-refractivity contribution in [1.82, 2.24) is 9.47 Å². The van der Waals surface area contributed by atoms with Gasteiger partial charge in [-0.3, -0.25) is 9.47 Å². The molecule has 5 nitrogen and oxygen atoms in total. The number of aromatic nitrogens is 1. The zero-order chi connectivity index (χ0) is 19.5. The van der Waals surface area contributed by atoms with E-state index in [4.69, 9.17) is 20.8 Å². The van der Waals surface area contributed by atoms with Gasteiger partial charge in [-0.2, -0.15) is 0 Å². The summed E-state index contributed by atoms with van der Waals surface area (Å²) in [6.45, 7) is 6.84. The summed E-state index contributed by atoms with van der Waals surface area (Å²) in [7, 11) is 0. The third-order valence-electron chi connectivity index (χ3n) is 5.22. The molecule has 0 unspecified atom stereocenters. The molecule has 0 aliphatic carbocycles.